The van der Waals surface area contributed by atoms with Crippen molar-refractivity contribution in [3.05, 3.63) is 22.5 Å². The van der Waals surface area contributed by atoms with Gasteiger partial charge in [0.25, 0.3) is 5.56 Å². The van der Waals surface area contributed by atoms with Crippen molar-refractivity contribution >= 4 is 34.0 Å². The summed E-state index contributed by atoms with van der Waals surface area (Å²) < 4.78 is 1.69. The van der Waals surface area contributed by atoms with E-state index in [9.17, 15) is 4.79 Å². The van der Waals surface area contributed by atoms with E-state index in [1.54, 1.807) is 16.0 Å². The summed E-state index contributed by atoms with van der Waals surface area (Å²) in [6, 6.07) is 0. The highest BCUT2D eigenvalue weighted by Gasteiger charge is 2.05. The van der Waals surface area contributed by atoms with Crippen molar-refractivity contribution in [2.75, 3.05) is 0 Å². The highest BCUT2D eigenvalue weighted by Crippen LogP contribution is 2.07. The SMILES string of the molecule is Cc1nc2c(ncn2I)c(=O)[nH]1. The Balaban J connectivity index is 3.03. The number of aromatic amines is 1. The van der Waals surface area contributed by atoms with Gasteiger partial charge in [-0.3, -0.25) is 7.58 Å². The van der Waals surface area contributed by atoms with Gasteiger partial charge in [0.05, 0.1) is 22.9 Å². The van der Waals surface area contributed by atoms with Crippen molar-refractivity contribution in [2.45, 2.75) is 6.92 Å². The summed E-state index contributed by atoms with van der Waals surface area (Å²) in [4.78, 5) is 21.9. The minimum absolute atomic E-state index is 0.187. The van der Waals surface area contributed by atoms with E-state index < -0.39 is 0 Å². The number of imidazole rings is 1. The molecule has 5 nitrogen and oxygen atoms in total. The molecule has 1 N–H and O–H groups in total. The maximum Gasteiger partial charge on any atom is 0.279 e. The predicted molar refractivity (Wildman–Crippen MR) is 52.3 cm³/mol. The molecule has 2 aromatic rings. The smallest absolute Gasteiger partial charge is 0.279 e. The van der Waals surface area contributed by atoms with Crippen molar-refractivity contribution in [2.24, 2.45) is 0 Å². The maximum absolute atomic E-state index is 11.2. The first-order chi connectivity index (χ1) is 5.68. The van der Waals surface area contributed by atoms with Gasteiger partial charge in [-0.1, -0.05) is 0 Å². The first-order valence-corrected chi connectivity index (χ1v) is 4.25. The zero-order chi connectivity index (χ0) is 8.72. The van der Waals surface area contributed by atoms with Crippen LogP contribution in [0.15, 0.2) is 11.1 Å². The lowest BCUT2D eigenvalue weighted by atomic mass is 10.5. The van der Waals surface area contributed by atoms with E-state index in [0.29, 0.717) is 17.0 Å². The van der Waals surface area contributed by atoms with E-state index in [2.05, 4.69) is 15.0 Å². The molecular formula is C6H5IN4O. The number of fused-ring (bicyclic) bond motifs is 1. The van der Waals surface area contributed by atoms with Crippen LogP contribution in [0.3, 0.4) is 0 Å². The molecule has 2 aromatic heterocycles. The van der Waals surface area contributed by atoms with Gasteiger partial charge in [-0.25, -0.2) is 9.97 Å². The van der Waals surface area contributed by atoms with Gasteiger partial charge in [-0.15, -0.1) is 0 Å². The van der Waals surface area contributed by atoms with Gasteiger partial charge in [0, 0.05) is 0 Å². The molecule has 0 atom stereocenters. The van der Waals surface area contributed by atoms with Gasteiger partial charge in [0.15, 0.2) is 11.2 Å². The Bertz CT molecular complexity index is 486. The summed E-state index contributed by atoms with van der Waals surface area (Å²) in [6.07, 6.45) is 1.56. The Morgan fingerprint density at radius 3 is 3.17 bits per heavy atom. The van der Waals surface area contributed by atoms with Gasteiger partial charge in [-0.05, 0) is 6.92 Å². The zero-order valence-electron chi connectivity index (χ0n) is 6.21. The Morgan fingerprint density at radius 2 is 2.42 bits per heavy atom. The molecule has 0 aliphatic heterocycles. The third-order valence-corrected chi connectivity index (χ3v) is 2.19. The Labute approximate surface area is 81.3 Å². The molecule has 0 amide bonds. The molecule has 0 saturated carbocycles. The molecule has 0 aromatic carbocycles. The molecule has 6 heteroatoms. The second kappa shape index (κ2) is 2.54. The van der Waals surface area contributed by atoms with Crippen molar-refractivity contribution < 1.29 is 0 Å². The molecule has 0 saturated heterocycles. The second-order valence-corrected chi connectivity index (χ2v) is 3.42. The molecule has 0 unspecified atom stereocenters. The van der Waals surface area contributed by atoms with Crippen LogP contribution in [0.4, 0.5) is 0 Å². The van der Waals surface area contributed by atoms with Crippen LogP contribution in [0.2, 0.25) is 0 Å². The highest BCUT2D eigenvalue weighted by atomic mass is 127. The number of rotatable bonds is 0. The Hall–Kier alpha value is -0.920. The van der Waals surface area contributed by atoms with Crippen LogP contribution in [0.25, 0.3) is 11.2 Å². The van der Waals surface area contributed by atoms with E-state index in [1.165, 1.54) is 0 Å². The van der Waals surface area contributed by atoms with E-state index in [0.717, 1.165) is 0 Å². The van der Waals surface area contributed by atoms with Crippen molar-refractivity contribution in [1.82, 2.24) is 17.7 Å². The van der Waals surface area contributed by atoms with Crippen LogP contribution in [0.5, 0.6) is 0 Å². The van der Waals surface area contributed by atoms with E-state index in [4.69, 9.17) is 0 Å². The average Bonchev–Trinajstić information content (AvgIpc) is 2.33. The number of halogens is 1. The number of H-pyrrole nitrogens is 1. The number of nitrogens with one attached hydrogen (secondary N) is 1. The van der Waals surface area contributed by atoms with Gasteiger partial charge in [-0.2, -0.15) is 0 Å². The monoisotopic (exact) mass is 276 g/mol. The average molecular weight is 276 g/mol. The van der Waals surface area contributed by atoms with Crippen LogP contribution in [0.1, 0.15) is 5.82 Å². The molecule has 2 heterocycles. The largest absolute Gasteiger partial charge is 0.309 e. The summed E-state index contributed by atoms with van der Waals surface area (Å²) in [5.74, 6) is 0.603. The summed E-state index contributed by atoms with van der Waals surface area (Å²) in [5, 5.41) is 0. The summed E-state index contributed by atoms with van der Waals surface area (Å²) in [7, 11) is 0. The first-order valence-electron chi connectivity index (χ1n) is 3.28. The standard InChI is InChI=1S/C6H5IN4O/c1-3-9-5-4(6(12)10-3)8-2-11(5)7/h2H,1H3,(H,9,10,12). The molecule has 12 heavy (non-hydrogen) atoms. The highest BCUT2D eigenvalue weighted by molar-refractivity contribution is 14.1. The van der Waals surface area contributed by atoms with Crippen LogP contribution >= 0.6 is 22.9 Å². The molecule has 0 aliphatic carbocycles. The van der Waals surface area contributed by atoms with Crippen molar-refractivity contribution in [3.8, 4) is 0 Å². The second-order valence-electron chi connectivity index (χ2n) is 2.38. The zero-order valence-corrected chi connectivity index (χ0v) is 8.36. The first kappa shape index (κ1) is 7.71. The molecular weight excluding hydrogens is 271 g/mol. The third kappa shape index (κ3) is 1.02. The fourth-order valence-electron chi connectivity index (χ4n) is 0.993. The minimum atomic E-state index is -0.187. The van der Waals surface area contributed by atoms with Crippen molar-refractivity contribution in [3.63, 3.8) is 0 Å². The number of aromatic nitrogens is 4. The molecule has 62 valence electrons. The summed E-state index contributed by atoms with van der Waals surface area (Å²) >= 11 is 2.03. The normalized spacial score (nSPS) is 10.8. The molecule has 2 rings (SSSR count). The summed E-state index contributed by atoms with van der Waals surface area (Å²) in [5.41, 5.74) is 0.805. The van der Waals surface area contributed by atoms with Crippen LogP contribution in [-0.2, 0) is 0 Å². The lowest BCUT2D eigenvalue weighted by Gasteiger charge is -1.92. The third-order valence-electron chi connectivity index (χ3n) is 1.49. The van der Waals surface area contributed by atoms with Gasteiger partial charge < -0.3 is 4.98 Å². The fourth-order valence-corrected chi connectivity index (χ4v) is 1.45. The van der Waals surface area contributed by atoms with Crippen LogP contribution in [-0.4, -0.2) is 17.7 Å². The number of hydrogen-bond acceptors (Lipinski definition) is 3. The van der Waals surface area contributed by atoms with E-state index in [-0.39, 0.29) is 5.56 Å². The Kier molecular flexibility index (Phi) is 1.63. The quantitative estimate of drug-likeness (QED) is 0.718. The molecule has 0 radical (unpaired) electrons. The van der Waals surface area contributed by atoms with Crippen LogP contribution < -0.4 is 5.56 Å². The molecule has 0 bridgehead atoms. The maximum atomic E-state index is 11.2. The molecule has 0 fully saturated rings. The van der Waals surface area contributed by atoms with Crippen molar-refractivity contribution in [1.29, 1.82) is 0 Å². The van der Waals surface area contributed by atoms with Crippen LogP contribution in [0, 0.1) is 6.92 Å². The number of hydrogen-bond donors (Lipinski definition) is 1. The number of nitrogens with zero attached hydrogens (tertiary/aromatic N) is 3. The summed E-state index contributed by atoms with van der Waals surface area (Å²) in [6.45, 7) is 1.74. The lowest BCUT2D eigenvalue weighted by Crippen LogP contribution is -2.09. The Morgan fingerprint density at radius 1 is 1.67 bits per heavy atom. The van der Waals surface area contributed by atoms with Gasteiger partial charge >= 0.3 is 0 Å². The van der Waals surface area contributed by atoms with Gasteiger partial charge in [0.2, 0.25) is 0 Å². The van der Waals surface area contributed by atoms with Gasteiger partial charge in [0.1, 0.15) is 12.2 Å². The lowest BCUT2D eigenvalue weighted by molar-refractivity contribution is 1.05. The fraction of sp³-hybridized carbons (Fsp3) is 0.167. The molecule has 0 aliphatic rings. The topological polar surface area (TPSA) is 63.6 Å². The molecule has 0 spiro atoms. The predicted octanol–water partition coefficient (Wildman–Crippen LogP) is 0.626. The van der Waals surface area contributed by atoms with E-state index in [1.807, 2.05) is 22.9 Å². The van der Waals surface area contributed by atoms with E-state index >= 15 is 0 Å². The minimum Gasteiger partial charge on any atom is -0.309 e. The number of aryl methyl sites for hydroxylation is 1.